The third kappa shape index (κ3) is 2.75. The number of rotatable bonds is 3. The van der Waals surface area contributed by atoms with Crippen molar-refractivity contribution in [1.82, 2.24) is 0 Å². The molecular formula is C14H15FN2O2S. The zero-order valence-electron chi connectivity index (χ0n) is 11.1. The van der Waals surface area contributed by atoms with Crippen LogP contribution in [0.15, 0.2) is 41.3 Å². The second-order valence-corrected chi connectivity index (χ2v) is 6.18. The van der Waals surface area contributed by atoms with E-state index < -0.39 is 10.0 Å². The summed E-state index contributed by atoms with van der Waals surface area (Å²) in [5.41, 5.74) is 7.13. The molecule has 6 heteroatoms. The Morgan fingerprint density at radius 3 is 2.40 bits per heavy atom. The lowest BCUT2D eigenvalue weighted by Crippen LogP contribution is -2.16. The second-order valence-electron chi connectivity index (χ2n) is 4.56. The van der Waals surface area contributed by atoms with E-state index in [2.05, 4.69) is 4.72 Å². The van der Waals surface area contributed by atoms with Gasteiger partial charge < -0.3 is 5.73 Å². The van der Waals surface area contributed by atoms with E-state index in [-0.39, 0.29) is 16.4 Å². The summed E-state index contributed by atoms with van der Waals surface area (Å²) < 4.78 is 40.3. The molecule has 0 amide bonds. The SMILES string of the molecule is Cc1cc(NS(=O)(=O)c2c(C)cccc2N)ccc1F. The first kappa shape index (κ1) is 14.3. The summed E-state index contributed by atoms with van der Waals surface area (Å²) in [5.74, 6) is -0.386. The van der Waals surface area contributed by atoms with Crippen LogP contribution in [-0.4, -0.2) is 8.42 Å². The van der Waals surface area contributed by atoms with Crippen molar-refractivity contribution in [2.45, 2.75) is 18.7 Å². The molecule has 0 radical (unpaired) electrons. The van der Waals surface area contributed by atoms with Crippen LogP contribution in [0.25, 0.3) is 0 Å². The Kier molecular flexibility index (Phi) is 3.67. The molecule has 2 rings (SSSR count). The van der Waals surface area contributed by atoms with Gasteiger partial charge in [-0.3, -0.25) is 4.72 Å². The number of aryl methyl sites for hydroxylation is 2. The molecule has 0 heterocycles. The van der Waals surface area contributed by atoms with Crippen molar-refractivity contribution >= 4 is 21.4 Å². The van der Waals surface area contributed by atoms with E-state index in [0.29, 0.717) is 16.8 Å². The molecule has 2 aromatic rings. The Bertz CT molecular complexity index is 738. The largest absolute Gasteiger partial charge is 0.398 e. The molecular weight excluding hydrogens is 279 g/mol. The Morgan fingerprint density at radius 1 is 1.10 bits per heavy atom. The molecule has 3 N–H and O–H groups in total. The Hall–Kier alpha value is -2.08. The average Bonchev–Trinajstić information content (AvgIpc) is 2.33. The summed E-state index contributed by atoms with van der Waals surface area (Å²) in [6.07, 6.45) is 0. The number of nitrogen functional groups attached to an aromatic ring is 1. The van der Waals surface area contributed by atoms with Crippen molar-refractivity contribution in [3.63, 3.8) is 0 Å². The molecule has 0 aliphatic rings. The van der Waals surface area contributed by atoms with Crippen LogP contribution < -0.4 is 10.5 Å². The molecule has 2 aromatic carbocycles. The number of nitrogens with one attached hydrogen (secondary N) is 1. The molecule has 0 aromatic heterocycles. The van der Waals surface area contributed by atoms with Gasteiger partial charge >= 0.3 is 0 Å². The molecule has 0 bridgehead atoms. The van der Waals surface area contributed by atoms with Gasteiger partial charge in [-0.1, -0.05) is 12.1 Å². The van der Waals surface area contributed by atoms with Gasteiger partial charge in [0.25, 0.3) is 10.0 Å². The van der Waals surface area contributed by atoms with E-state index >= 15 is 0 Å². The predicted molar refractivity (Wildman–Crippen MR) is 77.5 cm³/mol. The third-order valence-electron chi connectivity index (χ3n) is 2.92. The van der Waals surface area contributed by atoms with Crippen LogP contribution >= 0.6 is 0 Å². The number of hydrogen-bond acceptors (Lipinski definition) is 3. The Balaban J connectivity index is 2.43. The van der Waals surface area contributed by atoms with Crippen molar-refractivity contribution in [3.8, 4) is 0 Å². The van der Waals surface area contributed by atoms with Crippen molar-refractivity contribution in [2.24, 2.45) is 0 Å². The van der Waals surface area contributed by atoms with Gasteiger partial charge in [0.15, 0.2) is 0 Å². The zero-order chi connectivity index (χ0) is 14.9. The quantitative estimate of drug-likeness (QED) is 0.855. The van der Waals surface area contributed by atoms with Gasteiger partial charge in [0, 0.05) is 5.69 Å². The average molecular weight is 294 g/mol. The van der Waals surface area contributed by atoms with E-state index in [1.165, 1.54) is 24.3 Å². The molecule has 106 valence electrons. The van der Waals surface area contributed by atoms with Crippen LogP contribution in [0.2, 0.25) is 0 Å². The minimum atomic E-state index is -3.80. The fourth-order valence-corrected chi connectivity index (χ4v) is 3.37. The number of anilines is 2. The fourth-order valence-electron chi connectivity index (χ4n) is 1.96. The van der Waals surface area contributed by atoms with Crippen molar-refractivity contribution in [2.75, 3.05) is 10.5 Å². The van der Waals surface area contributed by atoms with Gasteiger partial charge in [-0.2, -0.15) is 0 Å². The molecule has 0 saturated heterocycles. The van der Waals surface area contributed by atoms with Crippen LogP contribution in [-0.2, 0) is 10.0 Å². The highest BCUT2D eigenvalue weighted by Gasteiger charge is 2.20. The lowest BCUT2D eigenvalue weighted by atomic mass is 10.2. The zero-order valence-corrected chi connectivity index (χ0v) is 12.0. The van der Waals surface area contributed by atoms with E-state index in [4.69, 9.17) is 5.73 Å². The molecule has 0 saturated carbocycles. The number of benzene rings is 2. The van der Waals surface area contributed by atoms with Gasteiger partial charge in [0.05, 0.1) is 5.69 Å². The van der Waals surface area contributed by atoms with Gasteiger partial charge in [-0.15, -0.1) is 0 Å². The summed E-state index contributed by atoms with van der Waals surface area (Å²) >= 11 is 0. The van der Waals surface area contributed by atoms with Crippen molar-refractivity contribution < 1.29 is 12.8 Å². The molecule has 0 aliphatic heterocycles. The second kappa shape index (κ2) is 5.13. The number of hydrogen-bond donors (Lipinski definition) is 2. The highest BCUT2D eigenvalue weighted by molar-refractivity contribution is 7.93. The van der Waals surface area contributed by atoms with Crippen molar-refractivity contribution in [3.05, 3.63) is 53.3 Å². The summed E-state index contributed by atoms with van der Waals surface area (Å²) in [6, 6.07) is 8.90. The topological polar surface area (TPSA) is 72.2 Å². The normalized spacial score (nSPS) is 11.3. The number of halogens is 1. The highest BCUT2D eigenvalue weighted by Crippen LogP contribution is 2.25. The highest BCUT2D eigenvalue weighted by atomic mass is 32.2. The van der Waals surface area contributed by atoms with E-state index in [9.17, 15) is 12.8 Å². The van der Waals surface area contributed by atoms with Gasteiger partial charge in [0.2, 0.25) is 0 Å². The summed E-state index contributed by atoms with van der Waals surface area (Å²) in [7, 11) is -3.80. The maximum atomic E-state index is 13.2. The number of sulfonamides is 1. The standard InChI is InChI=1S/C14H15FN2O2S/c1-9-4-3-5-13(16)14(9)20(18,19)17-11-6-7-12(15)10(2)8-11/h3-8,17H,16H2,1-2H3. The Labute approximate surface area is 117 Å². The van der Waals surface area contributed by atoms with Gasteiger partial charge in [0.1, 0.15) is 10.7 Å². The van der Waals surface area contributed by atoms with Gasteiger partial charge in [-0.05, 0) is 49.2 Å². The molecule has 20 heavy (non-hydrogen) atoms. The first-order valence-corrected chi connectivity index (χ1v) is 7.43. The van der Waals surface area contributed by atoms with Crippen LogP contribution in [0.1, 0.15) is 11.1 Å². The van der Waals surface area contributed by atoms with E-state index in [1.807, 2.05) is 0 Å². The maximum absolute atomic E-state index is 13.2. The van der Waals surface area contributed by atoms with Crippen LogP contribution in [0.3, 0.4) is 0 Å². The molecule has 0 atom stereocenters. The molecule has 0 spiro atoms. The summed E-state index contributed by atoms with van der Waals surface area (Å²) in [6.45, 7) is 3.23. The molecule has 0 unspecified atom stereocenters. The molecule has 0 aliphatic carbocycles. The monoisotopic (exact) mass is 294 g/mol. The van der Waals surface area contributed by atoms with Crippen LogP contribution in [0, 0.1) is 19.7 Å². The Morgan fingerprint density at radius 2 is 1.80 bits per heavy atom. The van der Waals surface area contributed by atoms with E-state index in [1.54, 1.807) is 26.0 Å². The van der Waals surface area contributed by atoms with Crippen molar-refractivity contribution in [1.29, 1.82) is 0 Å². The lowest BCUT2D eigenvalue weighted by molar-refractivity contribution is 0.600. The summed E-state index contributed by atoms with van der Waals surface area (Å²) in [5, 5.41) is 0. The summed E-state index contributed by atoms with van der Waals surface area (Å²) in [4.78, 5) is 0.0435. The minimum Gasteiger partial charge on any atom is -0.398 e. The van der Waals surface area contributed by atoms with Gasteiger partial charge in [-0.25, -0.2) is 12.8 Å². The van der Waals surface area contributed by atoms with Crippen LogP contribution in [0.4, 0.5) is 15.8 Å². The first-order chi connectivity index (χ1) is 9.31. The van der Waals surface area contributed by atoms with E-state index in [0.717, 1.165) is 0 Å². The molecule has 4 nitrogen and oxygen atoms in total. The lowest BCUT2D eigenvalue weighted by Gasteiger charge is -2.13. The molecule has 0 fully saturated rings. The number of nitrogens with two attached hydrogens (primary N) is 1. The smallest absolute Gasteiger partial charge is 0.264 e. The maximum Gasteiger partial charge on any atom is 0.264 e. The van der Waals surface area contributed by atoms with Crippen LogP contribution in [0.5, 0.6) is 0 Å². The third-order valence-corrected chi connectivity index (χ3v) is 4.52. The first-order valence-electron chi connectivity index (χ1n) is 5.95. The minimum absolute atomic E-state index is 0.0435. The predicted octanol–water partition coefficient (Wildman–Crippen LogP) is 2.83. The fraction of sp³-hybridized carbons (Fsp3) is 0.143.